The molecule has 2 N–H and O–H groups in total. The summed E-state index contributed by atoms with van der Waals surface area (Å²) >= 11 is 0. The smallest absolute Gasteiger partial charge is 0.0760 e. The molecule has 0 spiro atoms. The molecule has 1 aliphatic carbocycles. The quantitative estimate of drug-likeness (QED) is 0.610. The van der Waals surface area contributed by atoms with Gasteiger partial charge in [-0.25, -0.2) is 0 Å². The fourth-order valence-corrected chi connectivity index (χ4v) is 3.44. The molecule has 1 aromatic carbocycles. The molecule has 124 valence electrons. The first-order chi connectivity index (χ1) is 11.3. The fraction of sp³-hybridized carbons (Fsp3) is 0.500. The van der Waals surface area contributed by atoms with Crippen molar-refractivity contribution in [2.24, 2.45) is 0 Å². The van der Waals surface area contributed by atoms with Gasteiger partial charge in [0.15, 0.2) is 0 Å². The Balaban J connectivity index is 1.58. The first kappa shape index (κ1) is 16.3. The predicted molar refractivity (Wildman–Crippen MR) is 95.7 cm³/mol. The van der Waals surface area contributed by atoms with Crippen molar-refractivity contribution < 1.29 is 4.84 Å². The van der Waals surface area contributed by atoms with Crippen molar-refractivity contribution in [3.8, 4) is 0 Å². The lowest BCUT2D eigenvalue weighted by molar-refractivity contribution is 0.0568. The molecule has 2 aliphatic rings. The van der Waals surface area contributed by atoms with Crippen molar-refractivity contribution in [3.05, 3.63) is 52.7 Å². The van der Waals surface area contributed by atoms with Gasteiger partial charge in [-0.2, -0.15) is 0 Å². The van der Waals surface area contributed by atoms with Crippen LogP contribution in [0.4, 0.5) is 0 Å². The summed E-state index contributed by atoms with van der Waals surface area (Å²) in [6.45, 7) is 4.13. The van der Waals surface area contributed by atoms with Gasteiger partial charge in [-0.05, 0) is 74.8 Å². The normalized spacial score (nSPS) is 23.5. The molecule has 0 radical (unpaired) electrons. The van der Waals surface area contributed by atoms with E-state index in [-0.39, 0.29) is 0 Å². The summed E-state index contributed by atoms with van der Waals surface area (Å²) in [5.41, 5.74) is 8.46. The van der Waals surface area contributed by atoms with E-state index in [0.717, 1.165) is 32.4 Å². The molecule has 23 heavy (non-hydrogen) atoms. The number of rotatable bonds is 6. The minimum Gasteiger partial charge on any atom is -0.314 e. The van der Waals surface area contributed by atoms with Gasteiger partial charge < -0.3 is 5.32 Å². The second-order valence-corrected chi connectivity index (χ2v) is 6.62. The summed E-state index contributed by atoms with van der Waals surface area (Å²) in [6.07, 6.45) is 9.44. The molecule has 3 nitrogen and oxygen atoms in total. The van der Waals surface area contributed by atoms with Crippen LogP contribution in [0.2, 0.25) is 0 Å². The Hall–Kier alpha value is -1.58. The van der Waals surface area contributed by atoms with Crippen molar-refractivity contribution in [2.45, 2.75) is 51.5 Å². The Kier molecular flexibility index (Phi) is 5.89. The molecular formula is C20H28N2O. The minimum absolute atomic E-state index is 0.637. The maximum absolute atomic E-state index is 5.78. The van der Waals surface area contributed by atoms with Gasteiger partial charge in [0.2, 0.25) is 0 Å². The van der Waals surface area contributed by atoms with Crippen molar-refractivity contribution in [1.82, 2.24) is 10.8 Å². The maximum Gasteiger partial charge on any atom is 0.0760 e. The lowest BCUT2D eigenvalue weighted by atomic mass is 9.91. The second-order valence-electron chi connectivity index (χ2n) is 6.62. The minimum atomic E-state index is 0.637. The lowest BCUT2D eigenvalue weighted by Crippen LogP contribution is -2.26. The highest BCUT2D eigenvalue weighted by Crippen LogP contribution is 2.29. The summed E-state index contributed by atoms with van der Waals surface area (Å²) in [5, 5.41) is 3.51. The first-order valence-corrected chi connectivity index (χ1v) is 8.90. The molecule has 0 aromatic heterocycles. The molecule has 1 saturated heterocycles. The van der Waals surface area contributed by atoms with E-state index in [2.05, 4.69) is 54.1 Å². The van der Waals surface area contributed by atoms with E-state index >= 15 is 0 Å². The molecular weight excluding hydrogens is 284 g/mol. The second kappa shape index (κ2) is 8.32. The molecule has 1 heterocycles. The van der Waals surface area contributed by atoms with Gasteiger partial charge in [0.05, 0.1) is 12.3 Å². The van der Waals surface area contributed by atoms with Crippen LogP contribution in [0.1, 0.15) is 51.0 Å². The van der Waals surface area contributed by atoms with Gasteiger partial charge in [-0.1, -0.05) is 30.3 Å². The Labute approximate surface area is 139 Å². The maximum atomic E-state index is 5.78. The van der Waals surface area contributed by atoms with E-state index in [4.69, 9.17) is 4.84 Å². The van der Waals surface area contributed by atoms with Crippen LogP contribution in [-0.2, 0) is 4.84 Å². The van der Waals surface area contributed by atoms with Crippen LogP contribution in [0.5, 0.6) is 0 Å². The van der Waals surface area contributed by atoms with E-state index < -0.39 is 0 Å². The third-order valence-electron chi connectivity index (χ3n) is 4.79. The summed E-state index contributed by atoms with van der Waals surface area (Å²) in [7, 11) is 0. The number of allylic oxidation sites excluding steroid dienone is 2. The van der Waals surface area contributed by atoms with Crippen molar-refractivity contribution >= 4 is 6.08 Å². The lowest BCUT2D eigenvalue weighted by Gasteiger charge is -2.23. The Morgan fingerprint density at radius 3 is 2.87 bits per heavy atom. The van der Waals surface area contributed by atoms with Gasteiger partial charge in [-0.3, -0.25) is 10.3 Å². The van der Waals surface area contributed by atoms with Crippen LogP contribution in [0.3, 0.4) is 0 Å². The van der Waals surface area contributed by atoms with E-state index in [1.807, 2.05) is 0 Å². The van der Waals surface area contributed by atoms with E-state index in [1.54, 1.807) is 0 Å². The number of nitrogens with one attached hydrogen (secondary N) is 2. The van der Waals surface area contributed by atoms with Crippen LogP contribution in [0.15, 0.2) is 47.2 Å². The molecule has 0 saturated carbocycles. The third kappa shape index (κ3) is 4.69. The molecule has 3 heteroatoms. The molecule has 1 atom stereocenters. The SMILES string of the molecule is CC1=C(NOCC[C@H]2CCCN2)C(=Cc2ccccc2)CCC1. The zero-order chi connectivity index (χ0) is 15.9. The Bertz CT molecular complexity index is 556. The largest absolute Gasteiger partial charge is 0.314 e. The number of hydrogen-bond donors (Lipinski definition) is 2. The van der Waals surface area contributed by atoms with Crippen molar-refractivity contribution in [1.29, 1.82) is 0 Å². The average molecular weight is 312 g/mol. The highest BCUT2D eigenvalue weighted by atomic mass is 16.6. The average Bonchev–Trinajstić information content (AvgIpc) is 3.08. The van der Waals surface area contributed by atoms with Gasteiger partial charge in [-0.15, -0.1) is 0 Å². The summed E-state index contributed by atoms with van der Waals surface area (Å²) in [4.78, 5) is 5.78. The van der Waals surface area contributed by atoms with Gasteiger partial charge in [0.25, 0.3) is 0 Å². The van der Waals surface area contributed by atoms with Gasteiger partial charge in [0.1, 0.15) is 0 Å². The standard InChI is InChI=1S/C20H28N2O/c1-16-7-5-10-18(15-17-8-3-2-4-9-17)20(16)22-23-14-12-19-11-6-13-21-19/h2-4,8-9,15,19,21-22H,5-7,10-14H2,1H3/t19-/m1/s1. The third-order valence-corrected chi connectivity index (χ3v) is 4.79. The zero-order valence-electron chi connectivity index (χ0n) is 14.1. The fourth-order valence-electron chi connectivity index (χ4n) is 3.44. The summed E-state index contributed by atoms with van der Waals surface area (Å²) in [6, 6.07) is 11.2. The van der Waals surface area contributed by atoms with Crippen LogP contribution < -0.4 is 10.8 Å². The summed E-state index contributed by atoms with van der Waals surface area (Å²) < 4.78 is 0. The molecule has 0 amide bonds. The highest BCUT2D eigenvalue weighted by Gasteiger charge is 2.16. The van der Waals surface area contributed by atoms with Crippen LogP contribution in [0.25, 0.3) is 6.08 Å². The molecule has 1 aromatic rings. The molecule has 0 bridgehead atoms. The number of hydroxylamine groups is 1. The van der Waals surface area contributed by atoms with E-state index in [9.17, 15) is 0 Å². The first-order valence-electron chi connectivity index (χ1n) is 8.90. The molecule has 1 fully saturated rings. The Morgan fingerprint density at radius 2 is 2.09 bits per heavy atom. The topological polar surface area (TPSA) is 33.3 Å². The highest BCUT2D eigenvalue weighted by molar-refractivity contribution is 5.59. The van der Waals surface area contributed by atoms with Crippen LogP contribution in [-0.4, -0.2) is 19.2 Å². The summed E-state index contributed by atoms with van der Waals surface area (Å²) in [5.74, 6) is 0. The van der Waals surface area contributed by atoms with E-state index in [0.29, 0.717) is 6.04 Å². The predicted octanol–water partition coefficient (Wildman–Crippen LogP) is 4.19. The van der Waals surface area contributed by atoms with Crippen molar-refractivity contribution in [3.63, 3.8) is 0 Å². The zero-order valence-corrected chi connectivity index (χ0v) is 14.1. The molecule has 3 rings (SSSR count). The molecule has 1 aliphatic heterocycles. The Morgan fingerprint density at radius 1 is 1.22 bits per heavy atom. The van der Waals surface area contributed by atoms with Crippen LogP contribution >= 0.6 is 0 Å². The van der Waals surface area contributed by atoms with Crippen molar-refractivity contribution in [2.75, 3.05) is 13.2 Å². The number of hydrogen-bond acceptors (Lipinski definition) is 3. The number of benzene rings is 1. The van der Waals surface area contributed by atoms with Crippen LogP contribution in [0, 0.1) is 0 Å². The molecule has 0 unspecified atom stereocenters. The van der Waals surface area contributed by atoms with Gasteiger partial charge in [0, 0.05) is 6.04 Å². The van der Waals surface area contributed by atoms with E-state index in [1.165, 1.54) is 41.7 Å². The monoisotopic (exact) mass is 312 g/mol. The van der Waals surface area contributed by atoms with Gasteiger partial charge >= 0.3 is 0 Å².